The fraction of sp³-hybridized carbons (Fsp3) is 0.200. The highest BCUT2D eigenvalue weighted by molar-refractivity contribution is 6.35. The zero-order chi connectivity index (χ0) is 16.7. The molecule has 1 aromatic heterocycles. The molecule has 1 aromatic carbocycles. The molecule has 0 aliphatic carbocycles. The van der Waals surface area contributed by atoms with E-state index >= 15 is 0 Å². The van der Waals surface area contributed by atoms with Gasteiger partial charge in [-0.15, -0.1) is 0 Å². The van der Waals surface area contributed by atoms with Crippen LogP contribution in [0.2, 0.25) is 5.02 Å². The molecule has 0 amide bonds. The summed E-state index contributed by atoms with van der Waals surface area (Å²) in [6, 6.07) is 8.11. The Kier molecular flexibility index (Phi) is 6.62. The molecule has 0 radical (unpaired) electrons. The van der Waals surface area contributed by atoms with Gasteiger partial charge in [-0.05, 0) is 25.1 Å². The van der Waals surface area contributed by atoms with Crippen molar-refractivity contribution >= 4 is 34.4 Å². The van der Waals surface area contributed by atoms with E-state index in [-0.39, 0.29) is 6.04 Å². The number of nitrogens with zero attached hydrogens (tertiary/aromatic N) is 1. The molecular formula is C15H17ClN2O4. The van der Waals surface area contributed by atoms with Crippen molar-refractivity contribution in [3.8, 4) is 0 Å². The summed E-state index contributed by atoms with van der Waals surface area (Å²) in [5.74, 6) is -2.51. The Morgan fingerprint density at radius 2 is 1.86 bits per heavy atom. The third kappa shape index (κ3) is 5.59. The Labute approximate surface area is 132 Å². The van der Waals surface area contributed by atoms with Crippen LogP contribution in [-0.2, 0) is 16.1 Å². The Morgan fingerprint density at radius 1 is 1.27 bits per heavy atom. The maximum absolute atomic E-state index is 9.55. The van der Waals surface area contributed by atoms with Gasteiger partial charge >= 0.3 is 11.9 Å². The molecule has 0 fully saturated rings. The second-order valence-electron chi connectivity index (χ2n) is 4.63. The predicted octanol–water partition coefficient (Wildman–Crippen LogP) is 2.35. The largest absolute Gasteiger partial charge is 0.478 e. The number of aliphatic carboxylic acids is 2. The van der Waals surface area contributed by atoms with Crippen molar-refractivity contribution in [1.82, 2.24) is 4.57 Å². The lowest BCUT2D eigenvalue weighted by molar-refractivity contribution is -0.134. The molecule has 2 aromatic rings. The highest BCUT2D eigenvalue weighted by atomic mass is 35.5. The van der Waals surface area contributed by atoms with E-state index in [1.165, 1.54) is 0 Å². The van der Waals surface area contributed by atoms with Crippen LogP contribution >= 0.6 is 11.6 Å². The first-order valence-electron chi connectivity index (χ1n) is 6.44. The smallest absolute Gasteiger partial charge is 0.328 e. The maximum Gasteiger partial charge on any atom is 0.328 e. The Bertz CT molecular complexity index is 676. The lowest BCUT2D eigenvalue weighted by atomic mass is 10.2. The summed E-state index contributed by atoms with van der Waals surface area (Å²) >= 11 is 6.06. The van der Waals surface area contributed by atoms with Gasteiger partial charge in [-0.2, -0.15) is 0 Å². The molecule has 0 aliphatic heterocycles. The fourth-order valence-corrected chi connectivity index (χ4v) is 2.03. The first-order chi connectivity index (χ1) is 10.3. The summed E-state index contributed by atoms with van der Waals surface area (Å²) in [5, 5.41) is 17.5. The number of nitrogens with two attached hydrogens (primary N) is 1. The molecule has 0 spiro atoms. The number of carboxylic acid groups (broad SMARTS) is 2. The summed E-state index contributed by atoms with van der Waals surface area (Å²) in [6.45, 7) is 2.82. The summed E-state index contributed by atoms with van der Waals surface area (Å²) in [5.41, 5.74) is 6.91. The van der Waals surface area contributed by atoms with Gasteiger partial charge in [0.05, 0.1) is 0 Å². The average molecular weight is 325 g/mol. The van der Waals surface area contributed by atoms with Crippen molar-refractivity contribution in [2.45, 2.75) is 19.5 Å². The van der Waals surface area contributed by atoms with E-state index in [9.17, 15) is 9.59 Å². The second-order valence-corrected chi connectivity index (χ2v) is 5.04. The minimum absolute atomic E-state index is 0.157. The highest BCUT2D eigenvalue weighted by Crippen LogP contribution is 2.24. The number of hydrogen-bond acceptors (Lipinski definition) is 3. The summed E-state index contributed by atoms with van der Waals surface area (Å²) < 4.78 is 2.13. The van der Waals surface area contributed by atoms with E-state index in [1.54, 1.807) is 0 Å². The lowest BCUT2D eigenvalue weighted by Gasteiger charge is -2.08. The molecule has 1 unspecified atom stereocenters. The fourth-order valence-electron chi connectivity index (χ4n) is 1.80. The van der Waals surface area contributed by atoms with E-state index in [0.29, 0.717) is 12.2 Å². The number of rotatable bonds is 4. The number of halogens is 1. The first kappa shape index (κ1) is 17.7. The average Bonchev–Trinajstić information content (AvgIpc) is 2.81. The third-order valence-corrected chi connectivity index (χ3v) is 2.94. The van der Waals surface area contributed by atoms with E-state index < -0.39 is 11.9 Å². The number of carbonyl (C=O) groups is 2. The van der Waals surface area contributed by atoms with Gasteiger partial charge in [0.2, 0.25) is 0 Å². The van der Waals surface area contributed by atoms with Crippen molar-refractivity contribution in [3.05, 3.63) is 47.6 Å². The van der Waals surface area contributed by atoms with Crippen LogP contribution in [0.1, 0.15) is 6.92 Å². The molecule has 7 heteroatoms. The normalized spacial score (nSPS) is 12.0. The summed E-state index contributed by atoms with van der Waals surface area (Å²) in [7, 11) is 0. The number of carboxylic acids is 2. The molecule has 0 bridgehead atoms. The van der Waals surface area contributed by atoms with E-state index in [2.05, 4.69) is 10.6 Å². The molecule has 6 nitrogen and oxygen atoms in total. The molecule has 1 atom stereocenters. The van der Waals surface area contributed by atoms with Crippen LogP contribution in [0, 0.1) is 0 Å². The number of aromatic nitrogens is 1. The Balaban J connectivity index is 0.000000261. The SMILES string of the molecule is CC(N)Cn1ccc2c(Cl)cccc21.O=C(O)/C=C/C(=O)O. The van der Waals surface area contributed by atoms with Crippen LogP contribution in [0.5, 0.6) is 0 Å². The van der Waals surface area contributed by atoms with Gasteiger partial charge < -0.3 is 20.5 Å². The van der Waals surface area contributed by atoms with Crippen LogP contribution in [0.3, 0.4) is 0 Å². The van der Waals surface area contributed by atoms with Gasteiger partial charge in [-0.1, -0.05) is 17.7 Å². The topological polar surface area (TPSA) is 106 Å². The number of benzene rings is 1. The van der Waals surface area contributed by atoms with Crippen LogP contribution in [0.15, 0.2) is 42.6 Å². The Hall–Kier alpha value is -2.31. The maximum atomic E-state index is 9.55. The molecule has 118 valence electrons. The van der Waals surface area contributed by atoms with E-state index in [4.69, 9.17) is 27.5 Å². The minimum atomic E-state index is -1.26. The minimum Gasteiger partial charge on any atom is -0.478 e. The van der Waals surface area contributed by atoms with Crippen molar-refractivity contribution in [3.63, 3.8) is 0 Å². The first-order valence-corrected chi connectivity index (χ1v) is 6.82. The molecule has 0 saturated carbocycles. The van der Waals surface area contributed by atoms with Crippen LogP contribution in [0.4, 0.5) is 0 Å². The van der Waals surface area contributed by atoms with Gasteiger partial charge in [0.15, 0.2) is 0 Å². The molecule has 4 N–H and O–H groups in total. The lowest BCUT2D eigenvalue weighted by Crippen LogP contribution is -2.21. The quantitative estimate of drug-likeness (QED) is 0.749. The van der Waals surface area contributed by atoms with Crippen LogP contribution < -0.4 is 5.73 Å². The zero-order valence-electron chi connectivity index (χ0n) is 11.9. The molecular weight excluding hydrogens is 308 g/mol. The monoisotopic (exact) mass is 324 g/mol. The standard InChI is InChI=1S/C11H13ClN2.C4H4O4/c1-8(13)7-14-6-5-9-10(12)3-2-4-11(9)14;5-3(6)1-2-4(7)8/h2-6,8H,7,13H2,1H3;1-2H,(H,5,6)(H,7,8)/b;2-1+. The van der Waals surface area contributed by atoms with Crippen LogP contribution in [0.25, 0.3) is 10.9 Å². The molecule has 1 heterocycles. The molecule has 0 aliphatic rings. The predicted molar refractivity (Wildman–Crippen MR) is 85.0 cm³/mol. The van der Waals surface area contributed by atoms with Crippen molar-refractivity contribution in [2.24, 2.45) is 5.73 Å². The second kappa shape index (κ2) is 8.21. The Morgan fingerprint density at radius 3 is 2.36 bits per heavy atom. The summed E-state index contributed by atoms with van der Waals surface area (Å²) in [6.07, 6.45) is 3.14. The van der Waals surface area contributed by atoms with Crippen molar-refractivity contribution in [2.75, 3.05) is 0 Å². The highest BCUT2D eigenvalue weighted by Gasteiger charge is 2.04. The summed E-state index contributed by atoms with van der Waals surface area (Å²) in [4.78, 5) is 19.1. The van der Waals surface area contributed by atoms with Gasteiger partial charge in [0.25, 0.3) is 0 Å². The van der Waals surface area contributed by atoms with Gasteiger partial charge in [0, 0.05) is 46.9 Å². The van der Waals surface area contributed by atoms with Crippen molar-refractivity contribution < 1.29 is 19.8 Å². The molecule has 2 rings (SSSR count). The van der Waals surface area contributed by atoms with E-state index in [0.717, 1.165) is 22.5 Å². The molecule has 0 saturated heterocycles. The van der Waals surface area contributed by atoms with E-state index in [1.807, 2.05) is 31.3 Å². The third-order valence-electron chi connectivity index (χ3n) is 2.61. The van der Waals surface area contributed by atoms with Crippen molar-refractivity contribution in [1.29, 1.82) is 0 Å². The molecule has 22 heavy (non-hydrogen) atoms. The van der Waals surface area contributed by atoms with Gasteiger partial charge in [-0.25, -0.2) is 9.59 Å². The zero-order valence-corrected chi connectivity index (χ0v) is 12.7. The van der Waals surface area contributed by atoms with Crippen LogP contribution in [-0.4, -0.2) is 32.8 Å². The number of hydrogen-bond donors (Lipinski definition) is 3. The van der Waals surface area contributed by atoms with Gasteiger partial charge in [0.1, 0.15) is 0 Å². The number of fused-ring (bicyclic) bond motifs is 1. The van der Waals surface area contributed by atoms with Gasteiger partial charge in [-0.3, -0.25) is 0 Å².